The van der Waals surface area contributed by atoms with Crippen LogP contribution in [-0.4, -0.2) is 12.0 Å². The molecule has 4 unspecified atom stereocenters. The van der Waals surface area contributed by atoms with Crippen molar-refractivity contribution in [3.8, 4) is 18.2 Å². The molecule has 0 saturated carbocycles. The van der Waals surface area contributed by atoms with Gasteiger partial charge in [0.05, 0.1) is 30.2 Å². The highest BCUT2D eigenvalue weighted by Gasteiger charge is 2.79. The molecule has 2 heterocycles. The smallest absolute Gasteiger partial charge is 0.243 e. The molecular formula is C19H17ClN4O2. The lowest BCUT2D eigenvalue weighted by atomic mass is 9.53. The minimum Gasteiger partial charge on any atom is -0.443 e. The molecule has 0 amide bonds. The summed E-state index contributed by atoms with van der Waals surface area (Å²) in [5.41, 5.74) is -2.99. The van der Waals surface area contributed by atoms with Gasteiger partial charge in [0.1, 0.15) is 0 Å². The molecule has 7 heteroatoms. The van der Waals surface area contributed by atoms with Gasteiger partial charge >= 0.3 is 0 Å². The standard InChI is InChI=1S/C19H17ClN4O2/c1-11(2)15-17(8-21,9-22)18(10-23)12(3)19(25-15,26-16(18)24)13-4-6-14(20)7-5-13/h4-7,11-12,15,24H,1-3H3. The van der Waals surface area contributed by atoms with Crippen molar-refractivity contribution >= 4 is 17.5 Å². The molecule has 132 valence electrons. The van der Waals surface area contributed by atoms with E-state index in [4.69, 9.17) is 26.5 Å². The molecule has 1 N–H and O–H groups in total. The second-order valence-corrected chi connectivity index (χ2v) is 7.50. The molecule has 2 aliphatic heterocycles. The van der Waals surface area contributed by atoms with Gasteiger partial charge in [-0.05, 0) is 18.1 Å². The molecule has 2 bridgehead atoms. The maximum absolute atomic E-state index is 10.1. The lowest BCUT2D eigenvalue weighted by molar-refractivity contribution is -0.294. The first-order chi connectivity index (χ1) is 12.3. The van der Waals surface area contributed by atoms with Gasteiger partial charge in [-0.15, -0.1) is 0 Å². The Hall–Kier alpha value is -2.59. The molecule has 3 rings (SSSR count). The molecule has 6 nitrogen and oxygen atoms in total. The second-order valence-electron chi connectivity index (χ2n) is 7.06. The van der Waals surface area contributed by atoms with E-state index < -0.39 is 34.5 Å². The van der Waals surface area contributed by atoms with Crippen LogP contribution in [0.15, 0.2) is 24.3 Å². The quantitative estimate of drug-likeness (QED) is 0.854. The zero-order chi connectivity index (χ0) is 19.3. The number of halogens is 1. The molecule has 1 aromatic rings. The van der Waals surface area contributed by atoms with Crippen molar-refractivity contribution < 1.29 is 9.47 Å². The van der Waals surface area contributed by atoms with E-state index in [0.29, 0.717) is 10.6 Å². The van der Waals surface area contributed by atoms with Crippen molar-refractivity contribution in [2.75, 3.05) is 0 Å². The zero-order valence-corrected chi connectivity index (χ0v) is 15.3. The Morgan fingerprint density at radius 2 is 1.69 bits per heavy atom. The van der Waals surface area contributed by atoms with Crippen LogP contribution in [0.1, 0.15) is 26.3 Å². The van der Waals surface area contributed by atoms with Crippen molar-refractivity contribution in [2.24, 2.45) is 22.7 Å². The summed E-state index contributed by atoms with van der Waals surface area (Å²) < 4.78 is 12.1. The van der Waals surface area contributed by atoms with Gasteiger partial charge in [0.2, 0.25) is 11.7 Å². The maximum atomic E-state index is 10.1. The largest absolute Gasteiger partial charge is 0.443 e. The molecule has 2 aliphatic rings. The Bertz CT molecular complexity index is 878. The van der Waals surface area contributed by atoms with E-state index in [1.165, 1.54) is 0 Å². The third-order valence-corrected chi connectivity index (χ3v) is 5.82. The van der Waals surface area contributed by atoms with Gasteiger partial charge in [0.15, 0.2) is 10.8 Å². The fourth-order valence-corrected chi connectivity index (χ4v) is 4.34. The SMILES string of the molecule is CC(C)C1OC2(c3ccc(Cl)cc3)OC(=N)C(C#N)(C2C)C1(C#N)C#N. The van der Waals surface area contributed by atoms with Gasteiger partial charge in [-0.2, -0.15) is 15.8 Å². The lowest BCUT2D eigenvalue weighted by Gasteiger charge is -2.50. The van der Waals surface area contributed by atoms with E-state index in [9.17, 15) is 15.8 Å². The average Bonchev–Trinajstić information content (AvgIpc) is 2.78. The van der Waals surface area contributed by atoms with Crippen LogP contribution in [0.3, 0.4) is 0 Å². The average molecular weight is 369 g/mol. The fraction of sp³-hybridized carbons (Fsp3) is 0.474. The number of fused-ring (bicyclic) bond motifs is 2. The van der Waals surface area contributed by atoms with Crippen molar-refractivity contribution in [3.05, 3.63) is 34.9 Å². The molecule has 4 atom stereocenters. The third-order valence-electron chi connectivity index (χ3n) is 5.56. The minimum absolute atomic E-state index is 0.254. The Kier molecular flexibility index (Phi) is 4.00. The number of rotatable bonds is 2. The van der Waals surface area contributed by atoms with Crippen LogP contribution >= 0.6 is 11.6 Å². The highest BCUT2D eigenvalue weighted by Crippen LogP contribution is 2.66. The minimum atomic E-state index is -1.85. The second kappa shape index (κ2) is 5.71. The summed E-state index contributed by atoms with van der Waals surface area (Å²) in [6, 6.07) is 12.9. The molecule has 0 spiro atoms. The third kappa shape index (κ3) is 1.85. The van der Waals surface area contributed by atoms with Gasteiger partial charge in [-0.3, -0.25) is 5.41 Å². The molecule has 2 fully saturated rings. The van der Waals surface area contributed by atoms with Crippen LogP contribution in [-0.2, 0) is 15.3 Å². The van der Waals surface area contributed by atoms with Gasteiger partial charge < -0.3 is 9.47 Å². The topological polar surface area (TPSA) is 114 Å². The first-order valence-corrected chi connectivity index (χ1v) is 8.59. The molecule has 2 saturated heterocycles. The van der Waals surface area contributed by atoms with Gasteiger partial charge in [0.25, 0.3) is 0 Å². The molecule has 0 aromatic heterocycles. The summed E-state index contributed by atoms with van der Waals surface area (Å²) in [7, 11) is 0. The Morgan fingerprint density at radius 1 is 1.12 bits per heavy atom. The zero-order valence-electron chi connectivity index (χ0n) is 14.6. The number of hydrogen-bond acceptors (Lipinski definition) is 6. The van der Waals surface area contributed by atoms with Gasteiger partial charge in [-0.1, -0.05) is 44.5 Å². The Balaban J connectivity index is 2.33. The predicted octanol–water partition coefficient (Wildman–Crippen LogP) is 3.73. The van der Waals surface area contributed by atoms with E-state index in [2.05, 4.69) is 6.07 Å². The highest BCUT2D eigenvalue weighted by atomic mass is 35.5. The van der Waals surface area contributed by atoms with Crippen LogP contribution in [0.25, 0.3) is 0 Å². The number of benzene rings is 1. The number of ether oxygens (including phenoxy) is 2. The first-order valence-electron chi connectivity index (χ1n) is 8.21. The Morgan fingerprint density at radius 3 is 2.15 bits per heavy atom. The number of hydrogen-bond donors (Lipinski definition) is 1. The maximum Gasteiger partial charge on any atom is 0.243 e. The van der Waals surface area contributed by atoms with E-state index >= 15 is 0 Å². The van der Waals surface area contributed by atoms with Crippen LogP contribution in [0.4, 0.5) is 0 Å². The van der Waals surface area contributed by atoms with Crippen molar-refractivity contribution in [2.45, 2.75) is 32.7 Å². The van der Waals surface area contributed by atoms with E-state index in [1.807, 2.05) is 26.0 Å². The summed E-state index contributed by atoms with van der Waals surface area (Å²) in [6.07, 6.45) is -0.910. The lowest BCUT2D eigenvalue weighted by Crippen LogP contribution is -2.62. The Labute approximate surface area is 157 Å². The van der Waals surface area contributed by atoms with Crippen LogP contribution in [0.5, 0.6) is 0 Å². The number of nitrogens with one attached hydrogen (secondary N) is 1. The summed E-state index contributed by atoms with van der Waals surface area (Å²) in [5, 5.41) is 38.9. The summed E-state index contributed by atoms with van der Waals surface area (Å²) in [4.78, 5) is 0. The van der Waals surface area contributed by atoms with Gasteiger partial charge in [0, 0.05) is 10.6 Å². The van der Waals surface area contributed by atoms with Crippen molar-refractivity contribution in [1.82, 2.24) is 0 Å². The number of nitrogens with zero attached hydrogens (tertiary/aromatic N) is 3. The first kappa shape index (κ1) is 18.2. The summed E-state index contributed by atoms with van der Waals surface area (Å²) in [5.74, 6) is -2.84. The molecule has 0 radical (unpaired) electrons. The molecular weight excluding hydrogens is 352 g/mol. The van der Waals surface area contributed by atoms with Crippen LogP contribution in [0, 0.1) is 62.1 Å². The van der Waals surface area contributed by atoms with Gasteiger partial charge in [-0.25, -0.2) is 0 Å². The fourth-order valence-electron chi connectivity index (χ4n) is 4.21. The molecule has 1 aromatic carbocycles. The number of nitriles is 3. The predicted molar refractivity (Wildman–Crippen MR) is 92.5 cm³/mol. The van der Waals surface area contributed by atoms with Crippen LogP contribution < -0.4 is 0 Å². The van der Waals surface area contributed by atoms with Crippen LogP contribution in [0.2, 0.25) is 5.02 Å². The van der Waals surface area contributed by atoms with Crippen molar-refractivity contribution in [1.29, 1.82) is 21.2 Å². The summed E-state index contributed by atoms with van der Waals surface area (Å²) in [6.45, 7) is 5.31. The van der Waals surface area contributed by atoms with E-state index in [-0.39, 0.29) is 5.92 Å². The van der Waals surface area contributed by atoms with E-state index in [0.717, 1.165) is 0 Å². The molecule has 0 aliphatic carbocycles. The van der Waals surface area contributed by atoms with E-state index in [1.54, 1.807) is 31.2 Å². The van der Waals surface area contributed by atoms with Crippen molar-refractivity contribution in [3.63, 3.8) is 0 Å². The molecule has 26 heavy (non-hydrogen) atoms. The monoisotopic (exact) mass is 368 g/mol. The summed E-state index contributed by atoms with van der Waals surface area (Å²) >= 11 is 5.98. The normalized spacial score (nSPS) is 34.5. The highest BCUT2D eigenvalue weighted by molar-refractivity contribution is 6.30.